The topological polar surface area (TPSA) is 23.8 Å². The molecular formula is C15H19NS. The number of thioether (sulfide) groups is 1. The van der Waals surface area contributed by atoms with Gasteiger partial charge in [0.15, 0.2) is 0 Å². The first kappa shape index (κ1) is 12.5. The van der Waals surface area contributed by atoms with Gasteiger partial charge >= 0.3 is 0 Å². The van der Waals surface area contributed by atoms with Gasteiger partial charge < -0.3 is 0 Å². The molecule has 1 saturated carbocycles. The Morgan fingerprint density at radius 1 is 1.35 bits per heavy atom. The highest BCUT2D eigenvalue weighted by atomic mass is 32.2. The van der Waals surface area contributed by atoms with E-state index in [1.54, 1.807) is 11.8 Å². The lowest BCUT2D eigenvalue weighted by Crippen LogP contribution is -2.28. The van der Waals surface area contributed by atoms with Crippen molar-refractivity contribution in [1.82, 2.24) is 0 Å². The number of hydrogen-bond donors (Lipinski definition) is 0. The molecule has 0 spiro atoms. The lowest BCUT2D eigenvalue weighted by molar-refractivity contribution is 0.358. The SMILES string of the molecule is Cc1cccc(SC2(C#N)CCC(C)CC2)c1. The number of hydrogen-bond acceptors (Lipinski definition) is 2. The molecule has 0 aromatic heterocycles. The van der Waals surface area contributed by atoms with Gasteiger partial charge in [-0.1, -0.05) is 24.6 Å². The third kappa shape index (κ3) is 3.04. The molecule has 90 valence electrons. The smallest absolute Gasteiger partial charge is 0.107 e. The van der Waals surface area contributed by atoms with Crippen LogP contribution in [-0.2, 0) is 0 Å². The predicted octanol–water partition coefficient (Wildman–Crippen LogP) is 4.56. The molecule has 0 unspecified atom stereocenters. The van der Waals surface area contributed by atoms with Crippen molar-refractivity contribution in [3.63, 3.8) is 0 Å². The summed E-state index contributed by atoms with van der Waals surface area (Å²) in [5, 5.41) is 9.49. The van der Waals surface area contributed by atoms with Gasteiger partial charge in [0.1, 0.15) is 4.75 Å². The van der Waals surface area contributed by atoms with Gasteiger partial charge in [-0.2, -0.15) is 5.26 Å². The summed E-state index contributed by atoms with van der Waals surface area (Å²) in [4.78, 5) is 1.24. The fourth-order valence-corrected chi connectivity index (χ4v) is 3.70. The van der Waals surface area contributed by atoms with E-state index in [9.17, 15) is 5.26 Å². The average Bonchev–Trinajstić information content (AvgIpc) is 2.33. The second-order valence-corrected chi connectivity index (χ2v) is 6.66. The fourth-order valence-electron chi connectivity index (χ4n) is 2.37. The Labute approximate surface area is 108 Å². The Morgan fingerprint density at radius 3 is 2.65 bits per heavy atom. The minimum absolute atomic E-state index is 0.180. The van der Waals surface area contributed by atoms with Crippen LogP contribution in [0.4, 0.5) is 0 Å². The minimum atomic E-state index is -0.180. The van der Waals surface area contributed by atoms with Gasteiger partial charge in [0.25, 0.3) is 0 Å². The summed E-state index contributed by atoms with van der Waals surface area (Å²) in [6.07, 6.45) is 4.44. The van der Waals surface area contributed by atoms with Crippen molar-refractivity contribution in [1.29, 1.82) is 5.26 Å². The molecule has 1 aromatic carbocycles. The Hall–Kier alpha value is -0.940. The summed E-state index contributed by atoms with van der Waals surface area (Å²) >= 11 is 1.77. The van der Waals surface area contributed by atoms with Crippen molar-refractivity contribution in [2.45, 2.75) is 49.2 Å². The van der Waals surface area contributed by atoms with Crippen LogP contribution in [0.1, 0.15) is 38.2 Å². The zero-order valence-electron chi connectivity index (χ0n) is 10.6. The molecule has 1 aromatic rings. The van der Waals surface area contributed by atoms with Crippen LogP contribution in [0.25, 0.3) is 0 Å². The second-order valence-electron chi connectivity index (χ2n) is 5.21. The van der Waals surface area contributed by atoms with E-state index in [4.69, 9.17) is 0 Å². The molecule has 2 rings (SSSR count). The van der Waals surface area contributed by atoms with E-state index in [0.717, 1.165) is 18.8 Å². The van der Waals surface area contributed by atoms with Gasteiger partial charge in [0.05, 0.1) is 6.07 Å². The first-order chi connectivity index (χ1) is 8.13. The van der Waals surface area contributed by atoms with Gasteiger partial charge in [-0.3, -0.25) is 0 Å². The van der Waals surface area contributed by atoms with Crippen LogP contribution in [0.5, 0.6) is 0 Å². The Morgan fingerprint density at radius 2 is 2.06 bits per heavy atom. The van der Waals surface area contributed by atoms with Crippen LogP contribution in [0.3, 0.4) is 0 Å². The van der Waals surface area contributed by atoms with Crippen LogP contribution >= 0.6 is 11.8 Å². The van der Waals surface area contributed by atoms with Crippen LogP contribution in [0.15, 0.2) is 29.2 Å². The van der Waals surface area contributed by atoms with E-state index in [2.05, 4.69) is 44.2 Å². The molecule has 0 atom stereocenters. The number of rotatable bonds is 2. The Bertz CT molecular complexity index is 425. The highest BCUT2D eigenvalue weighted by molar-refractivity contribution is 8.01. The first-order valence-electron chi connectivity index (χ1n) is 6.30. The summed E-state index contributed by atoms with van der Waals surface area (Å²) in [6, 6.07) is 11.1. The van der Waals surface area contributed by atoms with E-state index in [-0.39, 0.29) is 4.75 Å². The third-order valence-electron chi connectivity index (χ3n) is 3.59. The van der Waals surface area contributed by atoms with E-state index in [0.29, 0.717) is 0 Å². The molecule has 2 heteroatoms. The quantitative estimate of drug-likeness (QED) is 0.762. The molecule has 1 fully saturated rings. The lowest BCUT2D eigenvalue weighted by Gasteiger charge is -2.33. The predicted molar refractivity (Wildman–Crippen MR) is 73.0 cm³/mol. The molecule has 0 aliphatic heterocycles. The molecule has 0 amide bonds. The highest BCUT2D eigenvalue weighted by Crippen LogP contribution is 2.44. The van der Waals surface area contributed by atoms with E-state index < -0.39 is 0 Å². The zero-order chi connectivity index (χ0) is 12.3. The molecule has 0 bridgehead atoms. The monoisotopic (exact) mass is 245 g/mol. The molecule has 0 saturated heterocycles. The van der Waals surface area contributed by atoms with Gasteiger partial charge in [-0.15, -0.1) is 11.8 Å². The molecule has 0 N–H and O–H groups in total. The van der Waals surface area contributed by atoms with Gasteiger partial charge in [0.2, 0.25) is 0 Å². The van der Waals surface area contributed by atoms with Crippen molar-refractivity contribution in [2.75, 3.05) is 0 Å². The summed E-state index contributed by atoms with van der Waals surface area (Å²) < 4.78 is -0.180. The number of nitriles is 1. The highest BCUT2D eigenvalue weighted by Gasteiger charge is 2.35. The fraction of sp³-hybridized carbons (Fsp3) is 0.533. The largest absolute Gasteiger partial charge is 0.197 e. The van der Waals surface area contributed by atoms with E-state index in [1.807, 2.05) is 0 Å². The molecule has 17 heavy (non-hydrogen) atoms. The second kappa shape index (κ2) is 5.14. The first-order valence-corrected chi connectivity index (χ1v) is 7.12. The average molecular weight is 245 g/mol. The molecule has 1 aliphatic rings. The maximum absolute atomic E-state index is 9.49. The summed E-state index contributed by atoms with van der Waals surface area (Å²) in [7, 11) is 0. The summed E-state index contributed by atoms with van der Waals surface area (Å²) in [5.74, 6) is 0.787. The van der Waals surface area contributed by atoms with Crippen molar-refractivity contribution >= 4 is 11.8 Å². The number of aryl methyl sites for hydroxylation is 1. The summed E-state index contributed by atoms with van der Waals surface area (Å²) in [5.41, 5.74) is 1.27. The molecule has 0 radical (unpaired) electrons. The minimum Gasteiger partial charge on any atom is -0.197 e. The van der Waals surface area contributed by atoms with Crippen molar-refractivity contribution < 1.29 is 0 Å². The van der Waals surface area contributed by atoms with Crippen molar-refractivity contribution in [3.05, 3.63) is 29.8 Å². The lowest BCUT2D eigenvalue weighted by atomic mass is 9.83. The van der Waals surface area contributed by atoms with E-state index in [1.165, 1.54) is 23.3 Å². The molecule has 1 nitrogen and oxygen atoms in total. The van der Waals surface area contributed by atoms with Gasteiger partial charge in [-0.05, 0) is 50.7 Å². The van der Waals surface area contributed by atoms with Crippen molar-refractivity contribution in [3.8, 4) is 6.07 Å². The van der Waals surface area contributed by atoms with Crippen LogP contribution in [0, 0.1) is 24.2 Å². The standard InChI is InChI=1S/C15H19NS/c1-12-6-8-15(11-16,9-7-12)17-14-5-3-4-13(2)10-14/h3-5,10,12H,6-9H2,1-2H3. The van der Waals surface area contributed by atoms with Crippen molar-refractivity contribution in [2.24, 2.45) is 5.92 Å². The van der Waals surface area contributed by atoms with Crippen LogP contribution < -0.4 is 0 Å². The molecule has 0 heterocycles. The normalized spacial score (nSPS) is 28.6. The molecular weight excluding hydrogens is 226 g/mol. The maximum atomic E-state index is 9.49. The maximum Gasteiger partial charge on any atom is 0.107 e. The van der Waals surface area contributed by atoms with Crippen LogP contribution in [-0.4, -0.2) is 4.75 Å². The van der Waals surface area contributed by atoms with Gasteiger partial charge in [0, 0.05) is 4.90 Å². The molecule has 1 aliphatic carbocycles. The Balaban J connectivity index is 2.13. The Kier molecular flexibility index (Phi) is 3.79. The van der Waals surface area contributed by atoms with Gasteiger partial charge in [-0.25, -0.2) is 0 Å². The number of nitrogens with zero attached hydrogens (tertiary/aromatic N) is 1. The number of benzene rings is 1. The third-order valence-corrected chi connectivity index (χ3v) is 4.97. The van der Waals surface area contributed by atoms with Crippen LogP contribution in [0.2, 0.25) is 0 Å². The zero-order valence-corrected chi connectivity index (χ0v) is 11.4. The van der Waals surface area contributed by atoms with E-state index >= 15 is 0 Å². The summed E-state index contributed by atoms with van der Waals surface area (Å²) in [6.45, 7) is 4.39.